The molecule has 0 radical (unpaired) electrons. The number of Topliss-reactive ketones (excluding diaryl/α,β-unsaturated/α-hetero) is 1. The zero-order valence-corrected chi connectivity index (χ0v) is 12.2. The van der Waals surface area contributed by atoms with E-state index in [4.69, 9.17) is 0 Å². The molecule has 0 atom stereocenters. The molecule has 0 aliphatic carbocycles. The molecule has 0 bridgehead atoms. The van der Waals surface area contributed by atoms with Gasteiger partial charge in [-0.25, -0.2) is 0 Å². The first-order valence-corrected chi connectivity index (χ1v) is 7.05. The largest absolute Gasteiger partial charge is 0.298 e. The first kappa shape index (κ1) is 14.3. The van der Waals surface area contributed by atoms with Gasteiger partial charge in [-0.1, -0.05) is 46.8 Å². The SMILES string of the molecule is CC(C)c1ccc(SCC(=O)C(C)(C)C)cc1. The molecule has 1 nitrogen and oxygen atoms in total. The van der Waals surface area contributed by atoms with E-state index in [2.05, 4.69) is 38.1 Å². The zero-order chi connectivity index (χ0) is 13.1. The zero-order valence-electron chi connectivity index (χ0n) is 11.4. The third-order valence-electron chi connectivity index (χ3n) is 2.75. The van der Waals surface area contributed by atoms with Crippen LogP contribution in [0.1, 0.15) is 46.1 Å². The highest BCUT2D eigenvalue weighted by molar-refractivity contribution is 8.00. The van der Waals surface area contributed by atoms with Gasteiger partial charge in [-0.05, 0) is 23.6 Å². The minimum absolute atomic E-state index is 0.231. The van der Waals surface area contributed by atoms with E-state index in [9.17, 15) is 4.79 Å². The molecule has 0 N–H and O–H groups in total. The second-order valence-electron chi connectivity index (χ2n) is 5.69. The normalized spacial score (nSPS) is 11.9. The van der Waals surface area contributed by atoms with Crippen LogP contribution >= 0.6 is 11.8 Å². The maximum absolute atomic E-state index is 11.8. The molecule has 0 aromatic heterocycles. The van der Waals surface area contributed by atoms with Gasteiger partial charge in [0.15, 0.2) is 0 Å². The molecular weight excluding hydrogens is 228 g/mol. The minimum Gasteiger partial charge on any atom is -0.298 e. The third-order valence-corrected chi connectivity index (χ3v) is 3.77. The molecule has 0 aliphatic rings. The molecule has 0 heterocycles. The molecule has 0 saturated heterocycles. The van der Waals surface area contributed by atoms with Crippen molar-refractivity contribution < 1.29 is 4.79 Å². The molecule has 17 heavy (non-hydrogen) atoms. The van der Waals surface area contributed by atoms with Gasteiger partial charge in [-0.2, -0.15) is 0 Å². The van der Waals surface area contributed by atoms with E-state index in [0.717, 1.165) is 0 Å². The molecule has 94 valence electrons. The monoisotopic (exact) mass is 250 g/mol. The van der Waals surface area contributed by atoms with Crippen molar-refractivity contribution in [3.05, 3.63) is 29.8 Å². The van der Waals surface area contributed by atoms with E-state index < -0.39 is 0 Å². The fraction of sp³-hybridized carbons (Fsp3) is 0.533. The molecule has 1 rings (SSSR count). The molecule has 0 spiro atoms. The van der Waals surface area contributed by atoms with Crippen molar-refractivity contribution in [1.29, 1.82) is 0 Å². The minimum atomic E-state index is -0.231. The van der Waals surface area contributed by atoms with Crippen molar-refractivity contribution >= 4 is 17.5 Å². The number of benzene rings is 1. The predicted molar refractivity (Wildman–Crippen MR) is 75.7 cm³/mol. The number of ketones is 1. The summed E-state index contributed by atoms with van der Waals surface area (Å²) in [6.45, 7) is 10.3. The van der Waals surface area contributed by atoms with E-state index in [-0.39, 0.29) is 5.41 Å². The third kappa shape index (κ3) is 4.55. The lowest BCUT2D eigenvalue weighted by atomic mass is 9.92. The van der Waals surface area contributed by atoms with Gasteiger partial charge in [0, 0.05) is 10.3 Å². The van der Waals surface area contributed by atoms with E-state index in [1.165, 1.54) is 10.5 Å². The van der Waals surface area contributed by atoms with Gasteiger partial charge in [0.2, 0.25) is 0 Å². The standard InChI is InChI=1S/C15H22OS/c1-11(2)12-6-8-13(9-7-12)17-10-14(16)15(3,4)5/h6-9,11H,10H2,1-5H3. The Labute approximate surface area is 109 Å². The molecule has 1 aromatic carbocycles. The molecule has 0 aliphatic heterocycles. The van der Waals surface area contributed by atoms with Gasteiger partial charge in [0.25, 0.3) is 0 Å². The van der Waals surface area contributed by atoms with Crippen LogP contribution in [0, 0.1) is 5.41 Å². The Morgan fingerprint density at radius 2 is 1.71 bits per heavy atom. The summed E-state index contributed by atoms with van der Waals surface area (Å²) in [4.78, 5) is 13.0. The van der Waals surface area contributed by atoms with E-state index in [0.29, 0.717) is 17.5 Å². The maximum atomic E-state index is 11.8. The summed E-state index contributed by atoms with van der Waals surface area (Å²) in [6.07, 6.45) is 0. The summed E-state index contributed by atoms with van der Waals surface area (Å²) < 4.78 is 0. The van der Waals surface area contributed by atoms with Gasteiger partial charge in [-0.15, -0.1) is 11.8 Å². The molecule has 0 fully saturated rings. The topological polar surface area (TPSA) is 17.1 Å². The Morgan fingerprint density at radius 1 is 1.18 bits per heavy atom. The molecule has 2 heteroatoms. The van der Waals surface area contributed by atoms with E-state index in [1.807, 2.05) is 20.8 Å². The Hall–Kier alpha value is -0.760. The average Bonchev–Trinajstić information content (AvgIpc) is 2.25. The van der Waals surface area contributed by atoms with Crippen LogP contribution in [-0.4, -0.2) is 11.5 Å². The fourth-order valence-corrected chi connectivity index (χ4v) is 2.37. The van der Waals surface area contributed by atoms with Gasteiger partial charge in [0.1, 0.15) is 5.78 Å². The Morgan fingerprint density at radius 3 is 2.12 bits per heavy atom. The van der Waals surface area contributed by atoms with Gasteiger partial charge < -0.3 is 0 Å². The van der Waals surface area contributed by atoms with Gasteiger partial charge in [0.05, 0.1) is 5.75 Å². The van der Waals surface area contributed by atoms with Crippen LogP contribution in [0.3, 0.4) is 0 Å². The highest BCUT2D eigenvalue weighted by Crippen LogP contribution is 2.25. The summed E-state index contributed by atoms with van der Waals surface area (Å²) in [5.41, 5.74) is 1.11. The summed E-state index contributed by atoms with van der Waals surface area (Å²) >= 11 is 1.63. The van der Waals surface area contributed by atoms with Crippen LogP contribution in [0.4, 0.5) is 0 Å². The summed E-state index contributed by atoms with van der Waals surface area (Å²) in [7, 11) is 0. The van der Waals surface area contributed by atoms with Gasteiger partial charge >= 0.3 is 0 Å². The number of hydrogen-bond acceptors (Lipinski definition) is 2. The quantitative estimate of drug-likeness (QED) is 0.731. The van der Waals surface area contributed by atoms with Crippen LogP contribution in [-0.2, 0) is 4.79 Å². The first-order chi connectivity index (χ1) is 7.80. The lowest BCUT2D eigenvalue weighted by Crippen LogP contribution is -2.21. The summed E-state index contributed by atoms with van der Waals surface area (Å²) in [5, 5.41) is 0. The second kappa shape index (κ2) is 5.72. The van der Waals surface area contributed by atoms with Crippen LogP contribution < -0.4 is 0 Å². The number of carbonyl (C=O) groups is 1. The average molecular weight is 250 g/mol. The highest BCUT2D eigenvalue weighted by atomic mass is 32.2. The first-order valence-electron chi connectivity index (χ1n) is 6.07. The van der Waals surface area contributed by atoms with Crippen molar-refractivity contribution in [2.24, 2.45) is 5.41 Å². The van der Waals surface area contributed by atoms with Crippen LogP contribution in [0.2, 0.25) is 0 Å². The van der Waals surface area contributed by atoms with Crippen molar-refractivity contribution in [2.45, 2.75) is 45.4 Å². The smallest absolute Gasteiger partial charge is 0.148 e. The van der Waals surface area contributed by atoms with E-state index in [1.54, 1.807) is 11.8 Å². The Balaban J connectivity index is 2.56. The lowest BCUT2D eigenvalue weighted by Gasteiger charge is -2.16. The van der Waals surface area contributed by atoms with Crippen molar-refractivity contribution in [3.8, 4) is 0 Å². The van der Waals surface area contributed by atoms with Crippen LogP contribution in [0.25, 0.3) is 0 Å². The molecule has 0 saturated carbocycles. The number of rotatable bonds is 4. The van der Waals surface area contributed by atoms with Crippen molar-refractivity contribution in [1.82, 2.24) is 0 Å². The molecule has 0 unspecified atom stereocenters. The van der Waals surface area contributed by atoms with E-state index >= 15 is 0 Å². The van der Waals surface area contributed by atoms with Crippen molar-refractivity contribution in [2.75, 3.05) is 5.75 Å². The summed E-state index contributed by atoms with van der Waals surface area (Å²) in [6, 6.07) is 8.51. The van der Waals surface area contributed by atoms with Crippen LogP contribution in [0.15, 0.2) is 29.2 Å². The number of thioether (sulfide) groups is 1. The van der Waals surface area contributed by atoms with Crippen LogP contribution in [0.5, 0.6) is 0 Å². The van der Waals surface area contributed by atoms with Gasteiger partial charge in [-0.3, -0.25) is 4.79 Å². The summed E-state index contributed by atoms with van der Waals surface area (Å²) in [5.74, 6) is 1.42. The van der Waals surface area contributed by atoms with Crippen molar-refractivity contribution in [3.63, 3.8) is 0 Å². The molecular formula is C15H22OS. The predicted octanol–water partition coefficient (Wildman–Crippen LogP) is 4.52. The maximum Gasteiger partial charge on any atom is 0.148 e. The lowest BCUT2D eigenvalue weighted by molar-refractivity contribution is -0.123. The Bertz CT molecular complexity index is 371. The molecule has 1 aromatic rings. The molecule has 0 amide bonds. The number of carbonyl (C=O) groups excluding carboxylic acids is 1. The number of hydrogen-bond donors (Lipinski definition) is 0. The fourth-order valence-electron chi connectivity index (χ4n) is 1.31. The second-order valence-corrected chi connectivity index (χ2v) is 6.73. The Kier molecular flexibility index (Phi) is 4.81. The highest BCUT2D eigenvalue weighted by Gasteiger charge is 2.20.